The zero-order chi connectivity index (χ0) is 23.0. The second kappa shape index (κ2) is 6.70. The Morgan fingerprint density at radius 3 is 2.44 bits per heavy atom. The van der Waals surface area contributed by atoms with Crippen LogP contribution in [0.2, 0.25) is 0 Å². The van der Waals surface area contributed by atoms with Crippen LogP contribution in [0.25, 0.3) is 49.6 Å². The van der Waals surface area contributed by atoms with Gasteiger partial charge in [0.2, 0.25) is 0 Å². The van der Waals surface area contributed by atoms with Crippen LogP contribution >= 0.6 is 0 Å². The zero-order valence-corrected chi connectivity index (χ0v) is 19.2. The number of fused-ring (bicyclic) bond motifs is 7. The van der Waals surface area contributed by atoms with E-state index >= 15 is 0 Å². The lowest BCUT2D eigenvalue weighted by molar-refractivity contribution is -0.665. The summed E-state index contributed by atoms with van der Waals surface area (Å²) in [6.45, 7) is 8.76. The predicted molar refractivity (Wildman–Crippen MR) is 133 cm³/mol. The molecular weight excluding hydrogens is 392 g/mol. The number of pyridine rings is 1. The van der Waals surface area contributed by atoms with Crippen molar-refractivity contribution >= 4 is 43.7 Å². The van der Waals surface area contributed by atoms with Gasteiger partial charge in [-0.05, 0) is 49.6 Å². The first kappa shape index (κ1) is 18.0. The standard InChI is InChI=1S/C29H27N2O/c1-17(2)25-19(4)28-26(27-21-11-7-9-13-23(21)32-29(25)27)20-10-6-8-12-22(20)31(28)24-16-18(3)14-15-30(24)5/h6-17H,1-5H3/q+1/i15D. The van der Waals surface area contributed by atoms with E-state index in [1.807, 2.05) is 23.7 Å². The number of aryl methyl sites for hydroxylation is 2. The van der Waals surface area contributed by atoms with E-state index in [2.05, 4.69) is 80.8 Å². The van der Waals surface area contributed by atoms with Crippen LogP contribution in [0.3, 0.4) is 0 Å². The Morgan fingerprint density at radius 1 is 0.938 bits per heavy atom. The average Bonchev–Trinajstić information content (AvgIpc) is 3.32. The van der Waals surface area contributed by atoms with Gasteiger partial charge in [0.15, 0.2) is 0 Å². The lowest BCUT2D eigenvalue weighted by Crippen LogP contribution is -2.33. The summed E-state index contributed by atoms with van der Waals surface area (Å²) >= 11 is 0. The van der Waals surface area contributed by atoms with Crippen LogP contribution in [0.15, 0.2) is 71.3 Å². The van der Waals surface area contributed by atoms with Gasteiger partial charge in [0.1, 0.15) is 23.6 Å². The van der Waals surface area contributed by atoms with Gasteiger partial charge < -0.3 is 4.42 Å². The van der Waals surface area contributed by atoms with Gasteiger partial charge in [-0.3, -0.25) is 0 Å². The summed E-state index contributed by atoms with van der Waals surface area (Å²) in [6.07, 6.45) is 0.493. The number of hydrogen-bond acceptors (Lipinski definition) is 1. The summed E-state index contributed by atoms with van der Waals surface area (Å²) in [7, 11) is 1.97. The molecule has 0 aliphatic rings. The highest BCUT2D eigenvalue weighted by molar-refractivity contribution is 6.28. The third-order valence-electron chi connectivity index (χ3n) is 6.72. The monoisotopic (exact) mass is 420 g/mol. The van der Waals surface area contributed by atoms with Crippen molar-refractivity contribution in [2.75, 3.05) is 0 Å². The second-order valence-electron chi connectivity index (χ2n) is 9.15. The van der Waals surface area contributed by atoms with E-state index in [1.165, 1.54) is 32.8 Å². The summed E-state index contributed by atoms with van der Waals surface area (Å²) < 4.78 is 19.4. The van der Waals surface area contributed by atoms with E-state index in [0.717, 1.165) is 33.5 Å². The predicted octanol–water partition coefficient (Wildman–Crippen LogP) is 7.25. The van der Waals surface area contributed by atoms with E-state index < -0.39 is 0 Å². The smallest absolute Gasteiger partial charge is 0.286 e. The first-order chi connectivity index (χ1) is 15.9. The molecule has 0 bridgehead atoms. The van der Waals surface area contributed by atoms with E-state index in [9.17, 15) is 0 Å². The molecule has 158 valence electrons. The van der Waals surface area contributed by atoms with E-state index in [4.69, 9.17) is 5.79 Å². The van der Waals surface area contributed by atoms with Crippen molar-refractivity contribution in [1.29, 1.82) is 0 Å². The fourth-order valence-electron chi connectivity index (χ4n) is 5.38. The minimum Gasteiger partial charge on any atom is -0.456 e. The molecule has 0 saturated carbocycles. The minimum atomic E-state index is 0.307. The highest BCUT2D eigenvalue weighted by Crippen LogP contribution is 2.46. The molecule has 0 atom stereocenters. The maximum atomic E-state index is 8.53. The summed E-state index contributed by atoms with van der Waals surface area (Å²) in [5.41, 5.74) is 7.82. The highest BCUT2D eigenvalue weighted by Gasteiger charge is 2.29. The van der Waals surface area contributed by atoms with E-state index in [1.54, 1.807) is 0 Å². The number of para-hydroxylation sites is 2. The largest absolute Gasteiger partial charge is 0.456 e. The lowest BCUT2D eigenvalue weighted by atomic mass is 9.92. The Hall–Kier alpha value is -3.59. The molecule has 3 aromatic carbocycles. The Balaban J connectivity index is 1.98. The van der Waals surface area contributed by atoms with Crippen LogP contribution in [-0.2, 0) is 7.05 Å². The molecule has 3 heteroatoms. The van der Waals surface area contributed by atoms with Crippen LogP contribution in [-0.4, -0.2) is 4.57 Å². The number of furan rings is 1. The molecule has 0 spiro atoms. The first-order valence-corrected chi connectivity index (χ1v) is 11.2. The van der Waals surface area contributed by atoms with Crippen molar-refractivity contribution < 1.29 is 10.4 Å². The molecule has 0 fully saturated rings. The Morgan fingerprint density at radius 2 is 1.66 bits per heavy atom. The molecule has 32 heavy (non-hydrogen) atoms. The van der Waals surface area contributed by atoms with Crippen molar-refractivity contribution in [1.82, 2.24) is 4.57 Å². The highest BCUT2D eigenvalue weighted by atomic mass is 16.3. The van der Waals surface area contributed by atoms with Crippen molar-refractivity contribution in [2.24, 2.45) is 7.05 Å². The fourth-order valence-corrected chi connectivity index (χ4v) is 5.38. The molecular formula is C29H27N2O+. The number of nitrogens with zero attached hydrogens (tertiary/aromatic N) is 2. The first-order valence-electron chi connectivity index (χ1n) is 11.7. The van der Waals surface area contributed by atoms with Gasteiger partial charge in [-0.1, -0.05) is 44.2 Å². The normalized spacial score (nSPS) is 12.6. The lowest BCUT2D eigenvalue weighted by Gasteiger charge is -2.13. The van der Waals surface area contributed by atoms with Crippen LogP contribution in [0, 0.1) is 13.8 Å². The molecule has 6 rings (SSSR count). The summed E-state index contributed by atoms with van der Waals surface area (Å²) in [6, 6.07) is 21.0. The van der Waals surface area contributed by atoms with Gasteiger partial charge in [0.05, 0.1) is 13.2 Å². The summed E-state index contributed by atoms with van der Waals surface area (Å²) in [5, 5.41) is 4.76. The number of benzene rings is 3. The molecule has 0 saturated heterocycles. The van der Waals surface area contributed by atoms with E-state index in [-0.39, 0.29) is 0 Å². The molecule has 0 amide bonds. The Labute approximate surface area is 188 Å². The SMILES string of the molecule is [2H]c1cc(C)cc(-n2c3ccccc3c3c4c(oc5ccccc54)c(C(C)C)c(C)c32)[n+]1C. The van der Waals surface area contributed by atoms with Crippen LogP contribution in [0.4, 0.5) is 0 Å². The average molecular weight is 421 g/mol. The van der Waals surface area contributed by atoms with Gasteiger partial charge in [-0.25, -0.2) is 4.57 Å². The van der Waals surface area contributed by atoms with Crippen LogP contribution in [0.5, 0.6) is 0 Å². The quantitative estimate of drug-likeness (QED) is 0.270. The molecule has 3 nitrogen and oxygen atoms in total. The molecule has 0 radical (unpaired) electrons. The van der Waals surface area contributed by atoms with Crippen LogP contribution in [0.1, 0.15) is 37.8 Å². The topological polar surface area (TPSA) is 21.9 Å². The molecule has 3 heterocycles. The van der Waals surface area contributed by atoms with Crippen molar-refractivity contribution in [3.63, 3.8) is 0 Å². The van der Waals surface area contributed by atoms with Crippen molar-refractivity contribution in [3.8, 4) is 5.82 Å². The molecule has 6 aromatic rings. The molecule has 0 N–H and O–H groups in total. The van der Waals surface area contributed by atoms with Gasteiger partial charge in [0.25, 0.3) is 5.82 Å². The van der Waals surface area contributed by atoms with Crippen molar-refractivity contribution in [3.05, 3.63) is 83.5 Å². The van der Waals surface area contributed by atoms with Gasteiger partial charge >= 0.3 is 0 Å². The third kappa shape index (κ3) is 2.45. The summed E-state index contributed by atoms with van der Waals surface area (Å²) in [4.78, 5) is 0. The Bertz CT molecular complexity index is 1740. The summed E-state index contributed by atoms with van der Waals surface area (Å²) in [5.74, 6) is 1.30. The second-order valence-corrected chi connectivity index (χ2v) is 9.15. The molecule has 0 aliphatic heterocycles. The fraction of sp³-hybridized carbons (Fsp3) is 0.207. The van der Waals surface area contributed by atoms with Crippen LogP contribution < -0.4 is 4.57 Å². The molecule has 3 aromatic heterocycles. The molecule has 0 unspecified atom stereocenters. The van der Waals surface area contributed by atoms with Crippen molar-refractivity contribution in [2.45, 2.75) is 33.6 Å². The third-order valence-corrected chi connectivity index (χ3v) is 6.72. The molecule has 0 aliphatic carbocycles. The number of aromatic nitrogens is 2. The zero-order valence-electron chi connectivity index (χ0n) is 20.2. The maximum Gasteiger partial charge on any atom is 0.286 e. The minimum absolute atomic E-state index is 0.307. The Kier molecular flexibility index (Phi) is 3.78. The number of hydrogen-bond donors (Lipinski definition) is 0. The van der Waals surface area contributed by atoms with Gasteiger partial charge in [-0.15, -0.1) is 0 Å². The number of rotatable bonds is 2. The van der Waals surface area contributed by atoms with Gasteiger partial charge in [0, 0.05) is 38.7 Å². The van der Waals surface area contributed by atoms with E-state index in [0.29, 0.717) is 12.1 Å². The maximum absolute atomic E-state index is 8.53. The van der Waals surface area contributed by atoms with Gasteiger partial charge in [-0.2, -0.15) is 4.57 Å².